The molecule has 2 aromatic heterocycles. The molecule has 2 aromatic rings. The number of aromatic nitrogens is 2. The summed E-state index contributed by atoms with van der Waals surface area (Å²) in [7, 11) is 1.54. The number of rotatable bonds is 6. The lowest BCUT2D eigenvalue weighted by Crippen LogP contribution is -2.13. The van der Waals surface area contributed by atoms with Crippen molar-refractivity contribution in [3.05, 3.63) is 18.2 Å². The highest BCUT2D eigenvalue weighted by Crippen LogP contribution is 2.33. The Bertz CT molecular complexity index is 667. The number of halogens is 1. The van der Waals surface area contributed by atoms with E-state index in [2.05, 4.69) is 15.3 Å². The molecule has 0 atom stereocenters. The predicted molar refractivity (Wildman–Crippen MR) is 74.8 cm³/mol. The third-order valence-electron chi connectivity index (χ3n) is 3.36. The number of pyridine rings is 1. The van der Waals surface area contributed by atoms with Crippen LogP contribution in [0.25, 0.3) is 11.0 Å². The summed E-state index contributed by atoms with van der Waals surface area (Å²) in [4.78, 5) is 18.7. The van der Waals surface area contributed by atoms with E-state index in [4.69, 9.17) is 9.47 Å². The number of amides is 1. The molecule has 0 aromatic carbocycles. The van der Waals surface area contributed by atoms with Crippen molar-refractivity contribution in [2.24, 2.45) is 5.92 Å². The smallest absolute Gasteiger partial charge is 0.227 e. The van der Waals surface area contributed by atoms with E-state index in [1.54, 1.807) is 13.3 Å². The molecule has 0 bridgehead atoms. The molecule has 2 heterocycles. The minimum Gasteiger partial charge on any atom is -0.486 e. The fraction of sp³-hybridized carbons (Fsp3) is 0.429. The van der Waals surface area contributed by atoms with Gasteiger partial charge in [0.2, 0.25) is 5.91 Å². The van der Waals surface area contributed by atoms with E-state index >= 15 is 0 Å². The lowest BCUT2D eigenvalue weighted by molar-refractivity contribution is -0.117. The monoisotopic (exact) mass is 293 g/mol. The van der Waals surface area contributed by atoms with Crippen LogP contribution in [0.2, 0.25) is 0 Å². The van der Waals surface area contributed by atoms with Gasteiger partial charge in [-0.1, -0.05) is 0 Å². The fourth-order valence-corrected chi connectivity index (χ4v) is 2.05. The van der Waals surface area contributed by atoms with Crippen LogP contribution in [0.15, 0.2) is 12.4 Å². The van der Waals surface area contributed by atoms with E-state index in [1.807, 2.05) is 0 Å². The summed E-state index contributed by atoms with van der Waals surface area (Å²) in [6, 6.07) is 0. The fourth-order valence-electron chi connectivity index (χ4n) is 2.05. The zero-order chi connectivity index (χ0) is 14.8. The first-order valence-electron chi connectivity index (χ1n) is 6.79. The molecular weight excluding hydrogens is 277 g/mol. The lowest BCUT2D eigenvalue weighted by atomic mass is 10.2. The van der Waals surface area contributed by atoms with E-state index < -0.39 is 5.82 Å². The van der Waals surface area contributed by atoms with Gasteiger partial charge in [-0.2, -0.15) is 0 Å². The molecule has 1 fully saturated rings. The SMILES string of the molecule is COCCOc1cnc2[nH]cc(NC(=O)C3CC3)c2c1F. The van der Waals surface area contributed by atoms with Gasteiger partial charge >= 0.3 is 0 Å². The van der Waals surface area contributed by atoms with Crippen molar-refractivity contribution < 1.29 is 18.7 Å². The first-order valence-corrected chi connectivity index (χ1v) is 6.79. The Balaban J connectivity index is 1.86. The van der Waals surface area contributed by atoms with Crippen LogP contribution in [0.4, 0.5) is 10.1 Å². The van der Waals surface area contributed by atoms with Crippen LogP contribution < -0.4 is 10.1 Å². The van der Waals surface area contributed by atoms with Gasteiger partial charge in [0.05, 0.1) is 23.9 Å². The minimum absolute atomic E-state index is 0.0427. The van der Waals surface area contributed by atoms with Crippen LogP contribution in [0.1, 0.15) is 12.8 Å². The topological polar surface area (TPSA) is 76.2 Å². The second-order valence-electron chi connectivity index (χ2n) is 4.97. The Morgan fingerprint density at radius 1 is 1.52 bits per heavy atom. The minimum atomic E-state index is -0.538. The van der Waals surface area contributed by atoms with Crippen LogP contribution in [0.3, 0.4) is 0 Å². The van der Waals surface area contributed by atoms with Gasteiger partial charge < -0.3 is 19.8 Å². The molecule has 6 nitrogen and oxygen atoms in total. The predicted octanol–water partition coefficient (Wildman–Crippen LogP) is 2.08. The number of nitrogens with one attached hydrogen (secondary N) is 2. The van der Waals surface area contributed by atoms with Gasteiger partial charge in [0.1, 0.15) is 12.3 Å². The number of fused-ring (bicyclic) bond motifs is 1. The Morgan fingerprint density at radius 3 is 3.05 bits per heavy atom. The summed E-state index contributed by atoms with van der Waals surface area (Å²) >= 11 is 0. The van der Waals surface area contributed by atoms with Crippen molar-refractivity contribution in [3.8, 4) is 5.75 Å². The maximum atomic E-state index is 14.5. The number of hydrogen-bond donors (Lipinski definition) is 2. The molecule has 3 rings (SSSR count). The van der Waals surface area contributed by atoms with Crippen LogP contribution in [-0.2, 0) is 9.53 Å². The molecule has 0 radical (unpaired) electrons. The Kier molecular flexibility index (Phi) is 3.74. The highest BCUT2D eigenvalue weighted by atomic mass is 19.1. The second-order valence-corrected chi connectivity index (χ2v) is 4.97. The average Bonchev–Trinajstić information content (AvgIpc) is 3.25. The van der Waals surface area contributed by atoms with Gasteiger partial charge in [-0.15, -0.1) is 0 Å². The maximum Gasteiger partial charge on any atom is 0.227 e. The number of carbonyl (C=O) groups excluding carboxylic acids is 1. The van der Waals surface area contributed by atoms with Crippen molar-refractivity contribution in [2.75, 3.05) is 25.6 Å². The second kappa shape index (κ2) is 5.69. The Labute approximate surface area is 120 Å². The van der Waals surface area contributed by atoms with Crippen molar-refractivity contribution in [3.63, 3.8) is 0 Å². The molecule has 0 aliphatic heterocycles. The van der Waals surface area contributed by atoms with E-state index in [1.165, 1.54) is 6.20 Å². The molecule has 2 N–H and O–H groups in total. The number of aromatic amines is 1. The van der Waals surface area contributed by atoms with Gasteiger partial charge in [-0.25, -0.2) is 9.37 Å². The van der Waals surface area contributed by atoms with Crippen LogP contribution in [0.5, 0.6) is 5.75 Å². The largest absolute Gasteiger partial charge is 0.486 e. The molecule has 112 valence electrons. The lowest BCUT2D eigenvalue weighted by Gasteiger charge is -2.08. The molecule has 1 saturated carbocycles. The first kappa shape index (κ1) is 13.8. The zero-order valence-electron chi connectivity index (χ0n) is 11.6. The summed E-state index contributed by atoms with van der Waals surface area (Å²) in [5.41, 5.74) is 0.766. The van der Waals surface area contributed by atoms with Gasteiger partial charge in [-0.3, -0.25) is 4.79 Å². The molecule has 0 saturated heterocycles. The van der Waals surface area contributed by atoms with Gasteiger partial charge in [0, 0.05) is 19.2 Å². The average molecular weight is 293 g/mol. The van der Waals surface area contributed by atoms with Crippen molar-refractivity contribution >= 4 is 22.6 Å². The van der Waals surface area contributed by atoms with Crippen LogP contribution in [-0.4, -0.2) is 36.2 Å². The summed E-state index contributed by atoms with van der Waals surface area (Å²) in [5, 5.41) is 2.97. The van der Waals surface area contributed by atoms with Crippen molar-refractivity contribution in [1.29, 1.82) is 0 Å². The first-order chi connectivity index (χ1) is 10.2. The molecule has 7 heteroatoms. The molecule has 0 unspecified atom stereocenters. The quantitative estimate of drug-likeness (QED) is 0.799. The van der Waals surface area contributed by atoms with Gasteiger partial charge in [0.15, 0.2) is 11.6 Å². The molecule has 1 aliphatic rings. The molecule has 1 aliphatic carbocycles. The summed E-state index contributed by atoms with van der Waals surface area (Å²) in [6.07, 6.45) is 4.64. The normalized spacial score (nSPS) is 14.4. The zero-order valence-corrected chi connectivity index (χ0v) is 11.6. The Morgan fingerprint density at radius 2 is 2.33 bits per heavy atom. The third-order valence-corrected chi connectivity index (χ3v) is 3.36. The van der Waals surface area contributed by atoms with Gasteiger partial charge in [0.25, 0.3) is 0 Å². The molecule has 0 spiro atoms. The number of anilines is 1. The number of nitrogens with zero attached hydrogens (tertiary/aromatic N) is 1. The summed E-state index contributed by atoms with van der Waals surface area (Å²) < 4.78 is 24.6. The number of methoxy groups -OCH3 is 1. The van der Waals surface area contributed by atoms with E-state index in [-0.39, 0.29) is 29.6 Å². The molecular formula is C14H16FN3O3. The number of ether oxygens (including phenoxy) is 2. The number of hydrogen-bond acceptors (Lipinski definition) is 4. The van der Waals surface area contributed by atoms with Crippen LogP contribution >= 0.6 is 0 Å². The van der Waals surface area contributed by atoms with Crippen LogP contribution in [0, 0.1) is 11.7 Å². The molecule has 1 amide bonds. The Hall–Kier alpha value is -2.15. The van der Waals surface area contributed by atoms with Gasteiger partial charge in [-0.05, 0) is 12.8 Å². The summed E-state index contributed by atoms with van der Waals surface area (Å²) in [5.74, 6) is -0.530. The third kappa shape index (κ3) is 2.82. The molecule has 21 heavy (non-hydrogen) atoms. The summed E-state index contributed by atoms with van der Waals surface area (Å²) in [6.45, 7) is 0.588. The standard InChI is InChI=1S/C14H16FN3O3/c1-20-4-5-21-10-7-17-13-11(12(10)15)9(6-16-13)18-14(19)8-2-3-8/h6-8H,2-5H2,1H3,(H,16,17)(H,18,19). The number of carbonyl (C=O) groups is 1. The highest BCUT2D eigenvalue weighted by molar-refractivity contribution is 6.02. The van der Waals surface area contributed by atoms with Crippen molar-refractivity contribution in [2.45, 2.75) is 12.8 Å². The maximum absolute atomic E-state index is 14.5. The highest BCUT2D eigenvalue weighted by Gasteiger charge is 2.30. The van der Waals surface area contributed by atoms with E-state index in [9.17, 15) is 9.18 Å². The number of H-pyrrole nitrogens is 1. The van der Waals surface area contributed by atoms with Crippen molar-refractivity contribution in [1.82, 2.24) is 9.97 Å². The van der Waals surface area contributed by atoms with E-state index in [0.717, 1.165) is 12.8 Å². The van der Waals surface area contributed by atoms with E-state index in [0.29, 0.717) is 17.9 Å².